The summed E-state index contributed by atoms with van der Waals surface area (Å²) in [5.74, 6) is 1.90. The molecule has 1 aliphatic rings. The number of nitrogens with zero attached hydrogens (tertiary/aromatic N) is 3. The third kappa shape index (κ3) is 9.89. The first kappa shape index (κ1) is 34.6. The summed E-state index contributed by atoms with van der Waals surface area (Å²) in [6.07, 6.45) is 13.0. The van der Waals surface area contributed by atoms with Crippen LogP contribution in [0.25, 0.3) is 22.5 Å². The highest BCUT2D eigenvalue weighted by atomic mass is 16.5. The number of hydrogen-bond donors (Lipinski definition) is 1. The third-order valence-electron chi connectivity index (χ3n) is 8.62. The number of benzene rings is 3. The van der Waals surface area contributed by atoms with Crippen molar-refractivity contribution < 1.29 is 19.1 Å². The molecule has 2 amide bonds. The summed E-state index contributed by atoms with van der Waals surface area (Å²) in [4.78, 5) is 37.8. The van der Waals surface area contributed by atoms with Gasteiger partial charge in [0.25, 0.3) is 5.91 Å². The Kier molecular flexibility index (Phi) is 13.0. The van der Waals surface area contributed by atoms with E-state index < -0.39 is 6.04 Å². The molecule has 1 saturated heterocycles. The van der Waals surface area contributed by atoms with Gasteiger partial charge in [0.2, 0.25) is 5.91 Å². The minimum atomic E-state index is -0.671. The smallest absolute Gasteiger partial charge is 0.251 e. The summed E-state index contributed by atoms with van der Waals surface area (Å²) in [5.41, 5.74) is 4.28. The number of amides is 2. The molecule has 0 aliphatic carbocycles. The largest absolute Gasteiger partial charge is 0.494 e. The quantitative estimate of drug-likeness (QED) is 0.117. The molecular formula is C40H48N4O4. The van der Waals surface area contributed by atoms with Crippen molar-refractivity contribution in [3.8, 4) is 34.0 Å². The Balaban J connectivity index is 1.19. The molecule has 0 unspecified atom stereocenters. The van der Waals surface area contributed by atoms with Crippen LogP contribution in [0, 0.1) is 0 Å². The summed E-state index contributed by atoms with van der Waals surface area (Å²) < 4.78 is 11.5. The summed E-state index contributed by atoms with van der Waals surface area (Å²) in [5, 5.41) is 3.01. The van der Waals surface area contributed by atoms with E-state index in [0.717, 1.165) is 79.1 Å². The second kappa shape index (κ2) is 18.0. The molecule has 0 bridgehead atoms. The lowest BCUT2D eigenvalue weighted by molar-refractivity contribution is -0.132. The molecular weight excluding hydrogens is 600 g/mol. The maximum Gasteiger partial charge on any atom is 0.251 e. The van der Waals surface area contributed by atoms with Crippen molar-refractivity contribution in [2.45, 2.75) is 77.7 Å². The van der Waals surface area contributed by atoms with E-state index in [0.29, 0.717) is 24.4 Å². The molecule has 1 N–H and O–H groups in total. The van der Waals surface area contributed by atoms with Crippen LogP contribution in [0.2, 0.25) is 0 Å². The van der Waals surface area contributed by atoms with Crippen LogP contribution in [0.5, 0.6) is 11.5 Å². The van der Waals surface area contributed by atoms with Crippen LogP contribution in [0.3, 0.4) is 0 Å². The van der Waals surface area contributed by atoms with E-state index in [1.54, 1.807) is 24.3 Å². The topological polar surface area (TPSA) is 93.7 Å². The lowest BCUT2D eigenvalue weighted by Gasteiger charge is -2.24. The lowest BCUT2D eigenvalue weighted by Crippen LogP contribution is -2.49. The molecule has 0 saturated carbocycles. The molecule has 1 atom stereocenters. The van der Waals surface area contributed by atoms with E-state index in [2.05, 4.69) is 22.2 Å². The molecule has 1 fully saturated rings. The van der Waals surface area contributed by atoms with Crippen molar-refractivity contribution in [1.82, 2.24) is 20.2 Å². The van der Waals surface area contributed by atoms with E-state index in [1.807, 2.05) is 72.7 Å². The fourth-order valence-electron chi connectivity index (χ4n) is 5.81. The van der Waals surface area contributed by atoms with Gasteiger partial charge >= 0.3 is 0 Å². The van der Waals surface area contributed by atoms with E-state index in [9.17, 15) is 9.59 Å². The van der Waals surface area contributed by atoms with Gasteiger partial charge in [0.1, 0.15) is 17.5 Å². The molecule has 252 valence electrons. The van der Waals surface area contributed by atoms with Gasteiger partial charge in [-0.15, -0.1) is 0 Å². The Hall–Kier alpha value is -4.72. The zero-order valence-corrected chi connectivity index (χ0v) is 28.3. The van der Waals surface area contributed by atoms with E-state index >= 15 is 0 Å². The van der Waals surface area contributed by atoms with Gasteiger partial charge in [0.15, 0.2) is 5.82 Å². The summed E-state index contributed by atoms with van der Waals surface area (Å²) in [7, 11) is 0. The average molecular weight is 649 g/mol. The van der Waals surface area contributed by atoms with Crippen molar-refractivity contribution in [3.63, 3.8) is 0 Å². The number of unbranched alkanes of at least 4 members (excludes halogenated alkanes) is 4. The Bertz CT molecular complexity index is 1570. The Labute approximate surface area is 284 Å². The monoisotopic (exact) mass is 648 g/mol. The number of likely N-dealkylation sites (tertiary alicyclic amines) is 1. The fourth-order valence-corrected chi connectivity index (χ4v) is 5.81. The number of carbonyl (C=O) groups excluding carboxylic acids is 2. The number of nitrogens with one attached hydrogen (secondary N) is 1. The van der Waals surface area contributed by atoms with Crippen molar-refractivity contribution in [2.24, 2.45) is 0 Å². The predicted octanol–water partition coefficient (Wildman–Crippen LogP) is 7.91. The lowest BCUT2D eigenvalue weighted by atomic mass is 10.0. The Morgan fingerprint density at radius 2 is 1.31 bits per heavy atom. The van der Waals surface area contributed by atoms with Crippen LogP contribution in [0.15, 0.2) is 85.2 Å². The van der Waals surface area contributed by atoms with E-state index in [1.165, 1.54) is 25.7 Å². The first-order valence-electron chi connectivity index (χ1n) is 17.5. The molecule has 1 aromatic heterocycles. The highest BCUT2D eigenvalue weighted by Gasteiger charge is 2.28. The van der Waals surface area contributed by atoms with Gasteiger partial charge < -0.3 is 19.7 Å². The van der Waals surface area contributed by atoms with Gasteiger partial charge in [-0.2, -0.15) is 0 Å². The van der Waals surface area contributed by atoms with Gasteiger partial charge in [-0.1, -0.05) is 75.9 Å². The van der Waals surface area contributed by atoms with E-state index in [-0.39, 0.29) is 11.8 Å². The SMILES string of the molecule is CCCCCCCOc1ccc(-c2cnc(-c3ccc(C[C@H](NC(=O)c4ccc(OCCC)cc4)C(=O)N4CCCC4)cc3)nc2)cc1. The number of aromatic nitrogens is 2. The molecule has 5 rings (SSSR count). The molecule has 3 aromatic carbocycles. The van der Waals surface area contributed by atoms with Crippen LogP contribution in [-0.4, -0.2) is 59.0 Å². The highest BCUT2D eigenvalue weighted by molar-refractivity contribution is 5.97. The second-order valence-electron chi connectivity index (χ2n) is 12.4. The molecule has 8 nitrogen and oxygen atoms in total. The van der Waals surface area contributed by atoms with Gasteiger partial charge in [-0.05, 0) is 73.2 Å². The first-order chi connectivity index (χ1) is 23.5. The van der Waals surface area contributed by atoms with Crippen molar-refractivity contribution in [2.75, 3.05) is 26.3 Å². The van der Waals surface area contributed by atoms with Crippen LogP contribution in [0.4, 0.5) is 0 Å². The molecule has 0 spiro atoms. The second-order valence-corrected chi connectivity index (χ2v) is 12.4. The highest BCUT2D eigenvalue weighted by Crippen LogP contribution is 2.24. The molecule has 8 heteroatoms. The van der Waals surface area contributed by atoms with Crippen LogP contribution < -0.4 is 14.8 Å². The van der Waals surface area contributed by atoms with Gasteiger partial charge in [0, 0.05) is 48.6 Å². The van der Waals surface area contributed by atoms with Gasteiger partial charge in [-0.25, -0.2) is 9.97 Å². The summed E-state index contributed by atoms with van der Waals surface area (Å²) in [6.45, 7) is 7.08. The predicted molar refractivity (Wildman–Crippen MR) is 190 cm³/mol. The zero-order chi connectivity index (χ0) is 33.6. The molecule has 1 aliphatic heterocycles. The first-order valence-corrected chi connectivity index (χ1v) is 17.5. The molecule has 4 aromatic rings. The number of hydrogen-bond acceptors (Lipinski definition) is 6. The standard InChI is InChI=1S/C40H48N4O4/c1-3-5-6-7-10-26-48-36-19-15-31(16-20-36)34-28-41-38(42-29-34)32-13-11-30(12-14-32)27-37(40(46)44-23-8-9-24-44)43-39(45)33-17-21-35(22-18-33)47-25-4-2/h11-22,28-29,37H,3-10,23-27H2,1-2H3,(H,43,45)/t37-/m0/s1. The van der Waals surface area contributed by atoms with Crippen molar-refractivity contribution in [3.05, 3.63) is 96.3 Å². The van der Waals surface area contributed by atoms with Crippen LogP contribution in [-0.2, 0) is 11.2 Å². The van der Waals surface area contributed by atoms with Gasteiger partial charge in [-0.3, -0.25) is 9.59 Å². The maximum atomic E-state index is 13.5. The molecule has 0 radical (unpaired) electrons. The van der Waals surface area contributed by atoms with Crippen molar-refractivity contribution in [1.29, 1.82) is 0 Å². The van der Waals surface area contributed by atoms with Crippen LogP contribution >= 0.6 is 0 Å². The molecule has 2 heterocycles. The van der Waals surface area contributed by atoms with E-state index in [4.69, 9.17) is 9.47 Å². The third-order valence-corrected chi connectivity index (χ3v) is 8.62. The van der Waals surface area contributed by atoms with Crippen molar-refractivity contribution >= 4 is 11.8 Å². The Morgan fingerprint density at radius 1 is 0.708 bits per heavy atom. The summed E-state index contributed by atoms with van der Waals surface area (Å²) >= 11 is 0. The normalized spacial score (nSPS) is 13.2. The number of carbonyl (C=O) groups is 2. The zero-order valence-electron chi connectivity index (χ0n) is 28.3. The minimum Gasteiger partial charge on any atom is -0.494 e. The number of ether oxygens (including phenoxy) is 2. The average Bonchev–Trinajstić information content (AvgIpc) is 3.68. The van der Waals surface area contributed by atoms with Gasteiger partial charge in [0.05, 0.1) is 13.2 Å². The maximum absolute atomic E-state index is 13.5. The fraction of sp³-hybridized carbons (Fsp3) is 0.400. The minimum absolute atomic E-state index is 0.0475. The summed E-state index contributed by atoms with van der Waals surface area (Å²) in [6, 6.07) is 22.3. The number of rotatable bonds is 17. The molecule has 48 heavy (non-hydrogen) atoms. The Morgan fingerprint density at radius 3 is 1.96 bits per heavy atom. The van der Waals surface area contributed by atoms with Crippen LogP contribution in [0.1, 0.15) is 81.1 Å².